The molecule has 1 saturated heterocycles. The van der Waals surface area contributed by atoms with Crippen LogP contribution < -0.4 is 5.73 Å². The Balaban J connectivity index is 0.000000284. The summed E-state index contributed by atoms with van der Waals surface area (Å²) in [6, 6.07) is 3.94. The lowest BCUT2D eigenvalue weighted by Gasteiger charge is -2.14. The first-order valence-corrected chi connectivity index (χ1v) is 9.14. The number of amides is 1. The summed E-state index contributed by atoms with van der Waals surface area (Å²) in [5.74, 6) is 0.296. The molecule has 0 aromatic carbocycles. The molecule has 0 saturated carbocycles. The number of carbonyl (C=O) groups excluding carboxylic acids is 1. The summed E-state index contributed by atoms with van der Waals surface area (Å²) in [7, 11) is 0. The van der Waals surface area contributed by atoms with Gasteiger partial charge in [-0.1, -0.05) is 32.6 Å². The van der Waals surface area contributed by atoms with Crippen molar-refractivity contribution >= 4 is 5.91 Å². The fraction of sp³-hybridized carbons (Fsp3) is 0.684. The van der Waals surface area contributed by atoms with E-state index in [1.54, 1.807) is 12.4 Å². The first-order chi connectivity index (χ1) is 11.3. The molecule has 4 nitrogen and oxygen atoms in total. The van der Waals surface area contributed by atoms with Gasteiger partial charge in [-0.2, -0.15) is 0 Å². The predicted molar refractivity (Wildman–Crippen MR) is 96.2 cm³/mol. The maximum atomic E-state index is 11.7. The van der Waals surface area contributed by atoms with Crippen molar-refractivity contribution in [3.05, 3.63) is 30.1 Å². The first-order valence-electron chi connectivity index (χ1n) is 9.14. The minimum absolute atomic E-state index is 0.296. The summed E-state index contributed by atoms with van der Waals surface area (Å²) in [6.07, 6.45) is 13.9. The number of nitrogens with zero attached hydrogens (tertiary/aromatic N) is 2. The minimum Gasteiger partial charge on any atom is -0.343 e. The molecule has 23 heavy (non-hydrogen) atoms. The van der Waals surface area contributed by atoms with Gasteiger partial charge in [0.1, 0.15) is 0 Å². The van der Waals surface area contributed by atoms with E-state index >= 15 is 0 Å². The summed E-state index contributed by atoms with van der Waals surface area (Å²) in [4.78, 5) is 17.7. The number of likely N-dealkylation sites (tertiary alicyclic amines) is 1. The molecule has 1 fully saturated rings. The molecule has 2 heterocycles. The lowest BCUT2D eigenvalue weighted by molar-refractivity contribution is -0.130. The Hall–Kier alpha value is -1.42. The van der Waals surface area contributed by atoms with Crippen LogP contribution in [0.25, 0.3) is 0 Å². The molecule has 1 aromatic heterocycles. The van der Waals surface area contributed by atoms with Crippen LogP contribution >= 0.6 is 0 Å². The Morgan fingerprint density at radius 2 is 1.78 bits per heavy atom. The molecule has 1 aliphatic heterocycles. The molecule has 0 atom stereocenters. The average Bonchev–Trinajstić information content (AvgIpc) is 3.13. The maximum absolute atomic E-state index is 11.7. The highest BCUT2D eigenvalue weighted by molar-refractivity contribution is 5.76. The molecular weight excluding hydrogens is 286 g/mol. The van der Waals surface area contributed by atoms with Crippen LogP contribution in [0.5, 0.6) is 0 Å². The van der Waals surface area contributed by atoms with E-state index in [9.17, 15) is 4.79 Å². The van der Waals surface area contributed by atoms with Gasteiger partial charge in [-0.05, 0) is 49.9 Å². The van der Waals surface area contributed by atoms with Crippen LogP contribution in [0.4, 0.5) is 0 Å². The number of aryl methyl sites for hydroxylation is 1. The van der Waals surface area contributed by atoms with Crippen molar-refractivity contribution < 1.29 is 4.79 Å². The summed E-state index contributed by atoms with van der Waals surface area (Å²) in [5, 5.41) is 0. The van der Waals surface area contributed by atoms with Gasteiger partial charge in [-0.15, -0.1) is 0 Å². The molecule has 1 aliphatic rings. The van der Waals surface area contributed by atoms with E-state index in [2.05, 4.69) is 11.9 Å². The van der Waals surface area contributed by atoms with Crippen LogP contribution in [0.15, 0.2) is 24.5 Å². The highest BCUT2D eigenvalue weighted by atomic mass is 16.2. The number of hydrogen-bond acceptors (Lipinski definition) is 3. The molecule has 1 aromatic rings. The van der Waals surface area contributed by atoms with Crippen LogP contribution in [-0.4, -0.2) is 35.4 Å². The number of rotatable bonds is 8. The fourth-order valence-electron chi connectivity index (χ4n) is 2.67. The number of carbonyl (C=O) groups is 1. The Kier molecular flexibility index (Phi) is 11.1. The summed E-state index contributed by atoms with van der Waals surface area (Å²) >= 11 is 0. The van der Waals surface area contributed by atoms with Gasteiger partial charge in [0.05, 0.1) is 0 Å². The smallest absolute Gasteiger partial charge is 0.222 e. The highest BCUT2D eigenvalue weighted by Crippen LogP contribution is 2.10. The third kappa shape index (κ3) is 9.34. The Morgan fingerprint density at radius 3 is 2.39 bits per heavy atom. The molecule has 0 aliphatic carbocycles. The fourth-order valence-corrected chi connectivity index (χ4v) is 2.67. The lowest BCUT2D eigenvalue weighted by Crippen LogP contribution is -2.27. The first kappa shape index (κ1) is 19.6. The number of hydrogen-bond donors (Lipinski definition) is 1. The molecule has 2 N–H and O–H groups in total. The van der Waals surface area contributed by atoms with E-state index in [1.807, 2.05) is 17.0 Å². The van der Waals surface area contributed by atoms with E-state index in [0.29, 0.717) is 12.3 Å². The van der Waals surface area contributed by atoms with E-state index in [4.69, 9.17) is 5.73 Å². The molecule has 130 valence electrons. The van der Waals surface area contributed by atoms with Gasteiger partial charge in [0.15, 0.2) is 0 Å². The van der Waals surface area contributed by atoms with Crippen LogP contribution in [-0.2, 0) is 11.2 Å². The molecular formula is C19H33N3O. The standard InChI is InChI=1S/C12H16N2O.C7H17N/c15-12(14-9-1-2-10-14)4-3-11-5-7-13-8-6-11;1-2-3-4-5-6-7-8/h5-8H,1-4,9-10H2;2-8H2,1H3. The van der Waals surface area contributed by atoms with Crippen molar-refractivity contribution in [3.63, 3.8) is 0 Å². The normalized spacial score (nSPS) is 13.6. The number of pyridine rings is 1. The Labute approximate surface area is 141 Å². The summed E-state index contributed by atoms with van der Waals surface area (Å²) < 4.78 is 0. The molecule has 0 spiro atoms. The van der Waals surface area contributed by atoms with Gasteiger partial charge in [0, 0.05) is 31.9 Å². The molecule has 0 radical (unpaired) electrons. The van der Waals surface area contributed by atoms with Crippen molar-refractivity contribution in [2.24, 2.45) is 5.73 Å². The maximum Gasteiger partial charge on any atom is 0.222 e. The highest BCUT2D eigenvalue weighted by Gasteiger charge is 2.16. The molecule has 4 heteroatoms. The lowest BCUT2D eigenvalue weighted by atomic mass is 10.1. The monoisotopic (exact) mass is 319 g/mol. The average molecular weight is 319 g/mol. The molecule has 1 amide bonds. The van der Waals surface area contributed by atoms with Crippen LogP contribution in [0.1, 0.15) is 63.9 Å². The summed E-state index contributed by atoms with van der Waals surface area (Å²) in [5.41, 5.74) is 6.50. The van der Waals surface area contributed by atoms with Crippen LogP contribution in [0, 0.1) is 0 Å². The Morgan fingerprint density at radius 1 is 1.13 bits per heavy atom. The van der Waals surface area contributed by atoms with Crippen molar-refractivity contribution in [1.29, 1.82) is 0 Å². The summed E-state index contributed by atoms with van der Waals surface area (Å²) in [6.45, 7) is 5.00. The number of aromatic nitrogens is 1. The van der Waals surface area contributed by atoms with Crippen molar-refractivity contribution in [1.82, 2.24) is 9.88 Å². The minimum atomic E-state index is 0.296. The van der Waals surface area contributed by atoms with Gasteiger partial charge in [0.25, 0.3) is 0 Å². The van der Waals surface area contributed by atoms with E-state index in [1.165, 1.54) is 50.5 Å². The van der Waals surface area contributed by atoms with Crippen LogP contribution in [0.3, 0.4) is 0 Å². The quantitative estimate of drug-likeness (QED) is 0.745. The predicted octanol–water partition coefficient (Wildman–Crippen LogP) is 3.55. The second-order valence-electron chi connectivity index (χ2n) is 6.15. The van der Waals surface area contributed by atoms with Gasteiger partial charge >= 0.3 is 0 Å². The van der Waals surface area contributed by atoms with E-state index < -0.39 is 0 Å². The van der Waals surface area contributed by atoms with Crippen molar-refractivity contribution in [3.8, 4) is 0 Å². The molecule has 2 rings (SSSR count). The van der Waals surface area contributed by atoms with E-state index in [0.717, 1.165) is 26.1 Å². The van der Waals surface area contributed by atoms with Crippen molar-refractivity contribution in [2.75, 3.05) is 19.6 Å². The molecule has 0 bridgehead atoms. The topological polar surface area (TPSA) is 59.2 Å². The van der Waals surface area contributed by atoms with E-state index in [-0.39, 0.29) is 0 Å². The Bertz CT molecular complexity index is 396. The van der Waals surface area contributed by atoms with Gasteiger partial charge < -0.3 is 10.6 Å². The van der Waals surface area contributed by atoms with Crippen LogP contribution in [0.2, 0.25) is 0 Å². The number of nitrogens with two attached hydrogens (primary N) is 1. The second kappa shape index (κ2) is 13.1. The van der Waals surface area contributed by atoms with Gasteiger partial charge in [0.2, 0.25) is 5.91 Å². The zero-order valence-corrected chi connectivity index (χ0v) is 14.7. The molecule has 0 unspecified atom stereocenters. The van der Waals surface area contributed by atoms with Gasteiger partial charge in [-0.3, -0.25) is 9.78 Å². The third-order valence-electron chi connectivity index (χ3n) is 4.14. The second-order valence-corrected chi connectivity index (χ2v) is 6.15. The zero-order valence-electron chi connectivity index (χ0n) is 14.7. The van der Waals surface area contributed by atoms with Crippen molar-refractivity contribution in [2.45, 2.75) is 64.7 Å². The SMILES string of the molecule is CCCCCCCN.O=C(CCc1ccncc1)N1CCCC1. The number of unbranched alkanes of at least 4 members (excludes halogenated alkanes) is 4. The third-order valence-corrected chi connectivity index (χ3v) is 4.14. The largest absolute Gasteiger partial charge is 0.343 e. The van der Waals surface area contributed by atoms with Gasteiger partial charge in [-0.25, -0.2) is 0 Å². The zero-order chi connectivity index (χ0) is 16.8.